The van der Waals surface area contributed by atoms with E-state index in [2.05, 4.69) is 4.18 Å². The van der Waals surface area contributed by atoms with Crippen LogP contribution >= 0.6 is 12.4 Å². The number of aryl methyl sites for hydroxylation is 1. The normalized spacial score (nSPS) is 12.6. The Morgan fingerprint density at radius 3 is 2.18 bits per heavy atom. The van der Waals surface area contributed by atoms with Crippen LogP contribution in [0, 0.1) is 6.92 Å². The molecule has 0 fully saturated rings. The Labute approximate surface area is 106 Å². The first-order valence-electron chi connectivity index (χ1n) is 4.55. The predicted octanol–water partition coefficient (Wildman–Crippen LogP) is 1.60. The third kappa shape index (κ3) is 4.33. The number of aliphatic carboxylic acids is 1. The van der Waals surface area contributed by atoms with Gasteiger partial charge in [-0.1, -0.05) is 17.7 Å². The van der Waals surface area contributed by atoms with Crippen LogP contribution in [0.4, 0.5) is 0 Å². The number of benzene rings is 1. The van der Waals surface area contributed by atoms with E-state index in [-0.39, 0.29) is 17.3 Å². The maximum atomic E-state index is 11.6. The van der Waals surface area contributed by atoms with Gasteiger partial charge in [0.1, 0.15) is 0 Å². The van der Waals surface area contributed by atoms with Crippen LogP contribution < -0.4 is 0 Å². The van der Waals surface area contributed by atoms with Crippen molar-refractivity contribution in [3.63, 3.8) is 0 Å². The third-order valence-corrected chi connectivity index (χ3v) is 3.32. The van der Waals surface area contributed by atoms with Gasteiger partial charge in [0.15, 0.2) is 6.10 Å². The first kappa shape index (κ1) is 15.9. The second kappa shape index (κ2) is 6.00. The van der Waals surface area contributed by atoms with E-state index in [4.69, 9.17) is 5.11 Å². The van der Waals surface area contributed by atoms with Crippen LogP contribution in [-0.4, -0.2) is 25.6 Å². The maximum absolute atomic E-state index is 11.6. The van der Waals surface area contributed by atoms with Gasteiger partial charge < -0.3 is 5.11 Å². The van der Waals surface area contributed by atoms with E-state index < -0.39 is 22.2 Å². The molecule has 0 saturated heterocycles. The van der Waals surface area contributed by atoms with Crippen LogP contribution in [0.1, 0.15) is 12.5 Å². The Hall–Kier alpha value is -1.11. The molecule has 96 valence electrons. The highest BCUT2D eigenvalue weighted by molar-refractivity contribution is 7.86. The number of hydrogen-bond acceptors (Lipinski definition) is 4. The lowest BCUT2D eigenvalue weighted by Gasteiger charge is -2.08. The van der Waals surface area contributed by atoms with Gasteiger partial charge in [0, 0.05) is 0 Å². The molecular formula is C10H13ClO5S. The van der Waals surface area contributed by atoms with Crippen molar-refractivity contribution >= 4 is 28.5 Å². The molecule has 0 saturated carbocycles. The topological polar surface area (TPSA) is 80.7 Å². The Kier molecular flexibility index (Phi) is 5.60. The highest BCUT2D eigenvalue weighted by Crippen LogP contribution is 2.14. The quantitative estimate of drug-likeness (QED) is 0.847. The van der Waals surface area contributed by atoms with E-state index in [1.54, 1.807) is 12.1 Å². The number of rotatable bonds is 4. The SMILES string of the molecule is Cc1ccc(S(=O)(=O)OC(C)C(=O)O)cc1.Cl. The first-order chi connectivity index (χ1) is 7.33. The van der Waals surface area contributed by atoms with Gasteiger partial charge in [0.25, 0.3) is 10.1 Å². The van der Waals surface area contributed by atoms with Gasteiger partial charge in [-0.05, 0) is 26.0 Å². The second-order valence-electron chi connectivity index (χ2n) is 3.34. The summed E-state index contributed by atoms with van der Waals surface area (Å²) >= 11 is 0. The van der Waals surface area contributed by atoms with Gasteiger partial charge in [-0.15, -0.1) is 12.4 Å². The molecule has 1 aromatic rings. The van der Waals surface area contributed by atoms with Crippen molar-refractivity contribution < 1.29 is 22.5 Å². The minimum Gasteiger partial charge on any atom is -0.479 e. The number of hydrogen-bond donors (Lipinski definition) is 1. The summed E-state index contributed by atoms with van der Waals surface area (Å²) in [5.74, 6) is -1.32. The van der Waals surface area contributed by atoms with Crippen LogP contribution in [0.2, 0.25) is 0 Å². The minimum atomic E-state index is -4.00. The van der Waals surface area contributed by atoms with Gasteiger partial charge in [-0.3, -0.25) is 4.18 Å². The van der Waals surface area contributed by atoms with Crippen molar-refractivity contribution in [2.75, 3.05) is 0 Å². The van der Waals surface area contributed by atoms with E-state index >= 15 is 0 Å². The second-order valence-corrected chi connectivity index (χ2v) is 4.92. The van der Waals surface area contributed by atoms with E-state index in [9.17, 15) is 13.2 Å². The Morgan fingerprint density at radius 2 is 1.76 bits per heavy atom. The zero-order valence-electron chi connectivity index (χ0n) is 9.28. The van der Waals surface area contributed by atoms with E-state index in [1.807, 2.05) is 6.92 Å². The Bertz CT molecular complexity index is 480. The van der Waals surface area contributed by atoms with Crippen LogP contribution in [0.15, 0.2) is 29.2 Å². The van der Waals surface area contributed by atoms with Gasteiger partial charge in [0.2, 0.25) is 0 Å². The van der Waals surface area contributed by atoms with Gasteiger partial charge in [-0.2, -0.15) is 8.42 Å². The van der Waals surface area contributed by atoms with Gasteiger partial charge in [0.05, 0.1) is 4.90 Å². The third-order valence-electron chi connectivity index (χ3n) is 1.93. The maximum Gasteiger partial charge on any atom is 0.334 e. The van der Waals surface area contributed by atoms with Crippen LogP contribution in [0.5, 0.6) is 0 Å². The lowest BCUT2D eigenvalue weighted by atomic mass is 10.2. The van der Waals surface area contributed by atoms with Gasteiger partial charge in [-0.25, -0.2) is 4.79 Å². The molecule has 0 aliphatic heterocycles. The molecule has 1 atom stereocenters. The number of carboxylic acid groups (broad SMARTS) is 1. The summed E-state index contributed by atoms with van der Waals surface area (Å²) < 4.78 is 27.6. The van der Waals surface area contributed by atoms with E-state index in [1.165, 1.54) is 12.1 Å². The summed E-state index contributed by atoms with van der Waals surface area (Å²) in [6.07, 6.45) is -1.40. The molecule has 7 heteroatoms. The fourth-order valence-electron chi connectivity index (χ4n) is 0.992. The van der Waals surface area contributed by atoms with Crippen molar-refractivity contribution in [2.45, 2.75) is 24.8 Å². The molecule has 1 N–H and O–H groups in total. The number of carbonyl (C=O) groups is 1. The van der Waals surface area contributed by atoms with Gasteiger partial charge >= 0.3 is 5.97 Å². The van der Waals surface area contributed by atoms with Crippen LogP contribution in [0.25, 0.3) is 0 Å². The predicted molar refractivity (Wildman–Crippen MR) is 63.8 cm³/mol. The van der Waals surface area contributed by atoms with Crippen molar-refractivity contribution in [3.8, 4) is 0 Å². The molecule has 0 radical (unpaired) electrons. The molecule has 1 rings (SSSR count). The number of halogens is 1. The molecule has 0 bridgehead atoms. The molecular weight excluding hydrogens is 268 g/mol. The molecule has 0 heterocycles. The van der Waals surface area contributed by atoms with Crippen molar-refractivity contribution in [1.29, 1.82) is 0 Å². The lowest BCUT2D eigenvalue weighted by molar-refractivity contribution is -0.144. The zero-order chi connectivity index (χ0) is 12.3. The highest BCUT2D eigenvalue weighted by atomic mass is 35.5. The summed E-state index contributed by atoms with van der Waals surface area (Å²) in [5.41, 5.74) is 0.908. The molecule has 0 aliphatic carbocycles. The average molecular weight is 281 g/mol. The monoisotopic (exact) mass is 280 g/mol. The molecule has 0 aromatic heterocycles. The summed E-state index contributed by atoms with van der Waals surface area (Å²) in [4.78, 5) is 10.4. The molecule has 0 spiro atoms. The molecule has 1 aromatic carbocycles. The summed E-state index contributed by atoms with van der Waals surface area (Å²) in [7, 11) is -4.00. The lowest BCUT2D eigenvalue weighted by Crippen LogP contribution is -2.23. The van der Waals surface area contributed by atoms with Crippen molar-refractivity contribution in [1.82, 2.24) is 0 Å². The first-order valence-corrected chi connectivity index (χ1v) is 5.96. The molecule has 0 amide bonds. The Morgan fingerprint density at radius 1 is 1.29 bits per heavy atom. The number of carboxylic acids is 1. The van der Waals surface area contributed by atoms with Crippen molar-refractivity contribution in [3.05, 3.63) is 29.8 Å². The van der Waals surface area contributed by atoms with Crippen molar-refractivity contribution in [2.24, 2.45) is 0 Å². The molecule has 5 nitrogen and oxygen atoms in total. The molecule has 17 heavy (non-hydrogen) atoms. The van der Waals surface area contributed by atoms with E-state index in [0.29, 0.717) is 0 Å². The standard InChI is InChI=1S/C10H12O5S.ClH/c1-7-3-5-9(6-4-7)16(13,14)15-8(2)10(11)12;/h3-6,8H,1-2H3,(H,11,12);1H. The molecule has 0 aliphatic rings. The largest absolute Gasteiger partial charge is 0.479 e. The molecule has 1 unspecified atom stereocenters. The fraction of sp³-hybridized carbons (Fsp3) is 0.300. The fourth-order valence-corrected chi connectivity index (χ4v) is 2.03. The zero-order valence-corrected chi connectivity index (χ0v) is 10.9. The summed E-state index contributed by atoms with van der Waals surface area (Å²) in [5, 5.41) is 8.55. The van der Waals surface area contributed by atoms with E-state index in [0.717, 1.165) is 12.5 Å². The Balaban J connectivity index is 0.00000256. The summed E-state index contributed by atoms with van der Waals surface area (Å²) in [6, 6.07) is 5.97. The minimum absolute atomic E-state index is 0. The van der Waals surface area contributed by atoms with Crippen LogP contribution in [0.3, 0.4) is 0 Å². The van der Waals surface area contributed by atoms with Crippen LogP contribution in [-0.2, 0) is 19.1 Å². The highest BCUT2D eigenvalue weighted by Gasteiger charge is 2.22. The smallest absolute Gasteiger partial charge is 0.334 e. The average Bonchev–Trinajstić information content (AvgIpc) is 2.17. The summed E-state index contributed by atoms with van der Waals surface area (Å²) in [6.45, 7) is 2.98.